The number of quaternary nitrogens is 1. The van der Waals surface area contributed by atoms with Crippen molar-refractivity contribution in [1.29, 1.82) is 0 Å². The number of methoxy groups -OCH3 is 1. The van der Waals surface area contributed by atoms with Crippen molar-refractivity contribution in [3.8, 4) is 11.5 Å². The Hall–Kier alpha value is -3.03. The molecular formula is C25H29ClN2O5. The second-order valence-corrected chi connectivity index (χ2v) is 8.51. The second kappa shape index (κ2) is 10.7. The van der Waals surface area contributed by atoms with Gasteiger partial charge < -0.3 is 24.4 Å². The second-order valence-electron chi connectivity index (χ2n) is 8.10. The van der Waals surface area contributed by atoms with E-state index in [0.29, 0.717) is 36.6 Å². The summed E-state index contributed by atoms with van der Waals surface area (Å²) >= 11 is 6.28. The Labute approximate surface area is 199 Å². The molecule has 0 radical (unpaired) electrons. The molecule has 3 rings (SSSR count). The van der Waals surface area contributed by atoms with E-state index in [0.717, 1.165) is 6.54 Å². The molecule has 2 aromatic carbocycles. The van der Waals surface area contributed by atoms with Crippen molar-refractivity contribution in [2.75, 3.05) is 40.9 Å². The van der Waals surface area contributed by atoms with Crippen LogP contribution < -0.4 is 19.5 Å². The van der Waals surface area contributed by atoms with E-state index in [1.54, 1.807) is 36.4 Å². The van der Waals surface area contributed by atoms with Crippen molar-refractivity contribution in [3.05, 3.63) is 64.2 Å². The van der Waals surface area contributed by atoms with Crippen LogP contribution in [0.3, 0.4) is 0 Å². The fourth-order valence-electron chi connectivity index (χ4n) is 3.99. The zero-order valence-electron chi connectivity index (χ0n) is 19.3. The minimum Gasteiger partial charge on any atom is -0.872 e. The average molecular weight is 473 g/mol. The average Bonchev–Trinajstić information content (AvgIpc) is 3.04. The molecule has 2 aromatic rings. The molecule has 1 aliphatic rings. The quantitative estimate of drug-likeness (QED) is 0.340. The highest BCUT2D eigenvalue weighted by Gasteiger charge is 2.45. The summed E-state index contributed by atoms with van der Waals surface area (Å²) < 4.78 is 10.9. The number of halogens is 1. The number of benzene rings is 2. The molecule has 8 heteroatoms. The highest BCUT2D eigenvalue weighted by molar-refractivity contribution is 6.46. The van der Waals surface area contributed by atoms with Crippen molar-refractivity contribution in [2.24, 2.45) is 0 Å². The van der Waals surface area contributed by atoms with Crippen molar-refractivity contribution >= 4 is 29.1 Å². The fourth-order valence-corrected chi connectivity index (χ4v) is 4.22. The predicted octanol–water partition coefficient (Wildman–Crippen LogP) is 1.51. The molecule has 1 aliphatic heterocycles. The molecule has 1 unspecified atom stereocenters. The molecule has 0 aliphatic carbocycles. The SMILES string of the molecule is CCOc1ccc(C([O-])=C2C(=O)C(=O)N(CCC[NH+](C)C)C2c2ccccc2OC)cc1Cl. The lowest BCUT2D eigenvalue weighted by Crippen LogP contribution is -3.05. The summed E-state index contributed by atoms with van der Waals surface area (Å²) in [6, 6.07) is 10.9. The Balaban J connectivity index is 2.13. The minimum absolute atomic E-state index is 0.0954. The predicted molar refractivity (Wildman–Crippen MR) is 124 cm³/mol. The summed E-state index contributed by atoms with van der Waals surface area (Å²) in [5.41, 5.74) is 0.720. The van der Waals surface area contributed by atoms with Crippen LogP contribution in [0.1, 0.15) is 30.5 Å². The molecule has 1 heterocycles. The van der Waals surface area contributed by atoms with Gasteiger partial charge in [0.05, 0.1) is 45.4 Å². The molecule has 33 heavy (non-hydrogen) atoms. The van der Waals surface area contributed by atoms with E-state index < -0.39 is 23.5 Å². The van der Waals surface area contributed by atoms with Gasteiger partial charge in [-0.3, -0.25) is 9.59 Å². The third kappa shape index (κ3) is 5.15. The van der Waals surface area contributed by atoms with Gasteiger partial charge in [-0.2, -0.15) is 0 Å². The van der Waals surface area contributed by atoms with E-state index in [2.05, 4.69) is 0 Å². The summed E-state index contributed by atoms with van der Waals surface area (Å²) in [6.45, 7) is 3.42. The van der Waals surface area contributed by atoms with Gasteiger partial charge >= 0.3 is 0 Å². The Morgan fingerprint density at radius 1 is 1.15 bits per heavy atom. The number of carbonyl (C=O) groups excluding carboxylic acids is 2. The maximum atomic E-state index is 13.6. The Kier molecular flexibility index (Phi) is 8.00. The van der Waals surface area contributed by atoms with Crippen LogP contribution in [0.5, 0.6) is 11.5 Å². The molecule has 0 saturated carbocycles. The van der Waals surface area contributed by atoms with Crippen LogP contribution in [0, 0.1) is 0 Å². The number of nitrogens with one attached hydrogen (secondary N) is 1. The maximum absolute atomic E-state index is 13.6. The van der Waals surface area contributed by atoms with E-state index in [-0.39, 0.29) is 16.2 Å². The number of para-hydroxylation sites is 1. The lowest BCUT2D eigenvalue weighted by Gasteiger charge is -2.28. The van der Waals surface area contributed by atoms with Crippen LogP contribution in [0.15, 0.2) is 48.0 Å². The highest BCUT2D eigenvalue weighted by atomic mass is 35.5. The van der Waals surface area contributed by atoms with E-state index >= 15 is 0 Å². The number of amides is 1. The number of carbonyl (C=O) groups is 2. The molecule has 0 bridgehead atoms. The molecule has 176 valence electrons. The first-order chi connectivity index (χ1) is 15.8. The normalized spacial score (nSPS) is 17.6. The van der Waals surface area contributed by atoms with Gasteiger partial charge in [-0.25, -0.2) is 0 Å². The molecule has 1 amide bonds. The number of ether oxygens (including phenoxy) is 2. The standard InChI is InChI=1S/C25H29ClN2O5/c1-5-33-20-12-11-16(15-18(20)26)23(29)21-22(17-9-6-7-10-19(17)32-4)28(25(31)24(21)30)14-8-13-27(2)3/h6-7,9-12,15,22,29H,5,8,13-14H2,1-4H3. The van der Waals surface area contributed by atoms with Crippen LogP contribution in [-0.4, -0.2) is 57.5 Å². The smallest absolute Gasteiger partial charge is 0.295 e. The van der Waals surface area contributed by atoms with Gasteiger partial charge in [0, 0.05) is 24.1 Å². The topological polar surface area (TPSA) is 83.3 Å². The van der Waals surface area contributed by atoms with E-state index in [1.165, 1.54) is 23.0 Å². The third-order valence-electron chi connectivity index (χ3n) is 5.53. The van der Waals surface area contributed by atoms with Gasteiger partial charge in [-0.05, 0) is 30.7 Å². The number of hydrogen-bond acceptors (Lipinski definition) is 5. The Morgan fingerprint density at radius 3 is 2.52 bits per heavy atom. The number of likely N-dealkylation sites (tertiary alicyclic amines) is 1. The van der Waals surface area contributed by atoms with Gasteiger partial charge in [0.25, 0.3) is 5.91 Å². The first-order valence-corrected chi connectivity index (χ1v) is 11.3. The first-order valence-electron chi connectivity index (χ1n) is 10.9. The van der Waals surface area contributed by atoms with Crippen LogP contribution in [0.2, 0.25) is 5.02 Å². The molecule has 0 spiro atoms. The number of hydrogen-bond donors (Lipinski definition) is 1. The van der Waals surface area contributed by atoms with Crippen LogP contribution in [0.25, 0.3) is 5.76 Å². The van der Waals surface area contributed by atoms with Crippen molar-refractivity contribution in [3.63, 3.8) is 0 Å². The van der Waals surface area contributed by atoms with Gasteiger partial charge in [0.2, 0.25) is 5.78 Å². The van der Waals surface area contributed by atoms with Crippen LogP contribution >= 0.6 is 11.6 Å². The van der Waals surface area contributed by atoms with Crippen molar-refractivity contribution in [1.82, 2.24) is 4.90 Å². The third-order valence-corrected chi connectivity index (χ3v) is 5.83. The van der Waals surface area contributed by atoms with E-state index in [1.807, 2.05) is 21.0 Å². The summed E-state index contributed by atoms with van der Waals surface area (Å²) in [7, 11) is 5.56. The Morgan fingerprint density at radius 2 is 1.88 bits per heavy atom. The fraction of sp³-hybridized carbons (Fsp3) is 0.360. The zero-order chi connectivity index (χ0) is 24.1. The van der Waals surface area contributed by atoms with Gasteiger partial charge in [0.15, 0.2) is 0 Å². The highest BCUT2D eigenvalue weighted by Crippen LogP contribution is 2.42. The number of ketones is 1. The Bertz CT molecular complexity index is 1070. The molecule has 1 N–H and O–H groups in total. The van der Waals surface area contributed by atoms with Gasteiger partial charge in [0.1, 0.15) is 11.5 Å². The molecular weight excluding hydrogens is 444 g/mol. The lowest BCUT2D eigenvalue weighted by molar-refractivity contribution is -0.858. The summed E-state index contributed by atoms with van der Waals surface area (Å²) in [5, 5.41) is 13.8. The number of nitrogens with zero attached hydrogens (tertiary/aromatic N) is 1. The van der Waals surface area contributed by atoms with Crippen molar-refractivity contribution in [2.45, 2.75) is 19.4 Å². The molecule has 1 fully saturated rings. The largest absolute Gasteiger partial charge is 0.872 e. The maximum Gasteiger partial charge on any atom is 0.295 e. The van der Waals surface area contributed by atoms with Crippen LogP contribution in [-0.2, 0) is 9.59 Å². The van der Waals surface area contributed by atoms with Crippen LogP contribution in [0.4, 0.5) is 0 Å². The molecule has 0 aromatic heterocycles. The minimum atomic E-state index is -0.837. The molecule has 1 atom stereocenters. The van der Waals surface area contributed by atoms with Gasteiger partial charge in [-0.15, -0.1) is 0 Å². The van der Waals surface area contributed by atoms with Gasteiger partial charge in [-0.1, -0.05) is 41.6 Å². The van der Waals surface area contributed by atoms with Crippen molar-refractivity contribution < 1.29 is 29.1 Å². The number of rotatable bonds is 9. The molecule has 7 nitrogen and oxygen atoms in total. The van der Waals surface area contributed by atoms with E-state index in [9.17, 15) is 14.7 Å². The summed E-state index contributed by atoms with van der Waals surface area (Å²) in [4.78, 5) is 28.8. The zero-order valence-corrected chi connectivity index (χ0v) is 20.1. The number of Topliss-reactive ketones (excluding diaryl/α,β-unsaturated/α-hetero) is 1. The van der Waals surface area contributed by atoms with E-state index in [4.69, 9.17) is 21.1 Å². The first kappa shape index (κ1) is 24.6. The summed E-state index contributed by atoms with van der Waals surface area (Å²) in [5.74, 6) is -1.06. The monoisotopic (exact) mass is 472 g/mol. The lowest BCUT2D eigenvalue weighted by atomic mass is 9.94. The molecule has 1 saturated heterocycles. The summed E-state index contributed by atoms with van der Waals surface area (Å²) in [6.07, 6.45) is 0.684.